The van der Waals surface area contributed by atoms with Crippen molar-refractivity contribution in [2.45, 2.75) is 6.54 Å². The minimum atomic E-state index is -0.201. The third-order valence-corrected chi connectivity index (χ3v) is 3.92. The highest BCUT2D eigenvalue weighted by Gasteiger charge is 2.10. The number of nitrogens with one attached hydrogen (secondary N) is 1. The molecule has 1 aromatic carbocycles. The van der Waals surface area contributed by atoms with E-state index in [4.69, 9.17) is 9.47 Å². The number of benzene rings is 1. The van der Waals surface area contributed by atoms with E-state index in [0.717, 1.165) is 16.8 Å². The van der Waals surface area contributed by atoms with Crippen molar-refractivity contribution in [2.75, 3.05) is 14.2 Å². The van der Waals surface area contributed by atoms with Gasteiger partial charge in [0.2, 0.25) is 0 Å². The first-order chi connectivity index (χ1) is 12.7. The smallest absolute Gasteiger partial charge is 0.253 e. The van der Waals surface area contributed by atoms with E-state index in [9.17, 15) is 4.79 Å². The Morgan fingerprint density at radius 3 is 2.62 bits per heavy atom. The normalized spacial score (nSPS) is 10.2. The van der Waals surface area contributed by atoms with Gasteiger partial charge in [-0.2, -0.15) is 0 Å². The molecular formula is C20H19N3O3. The fraction of sp³-hybridized carbons (Fsp3) is 0.150. The molecule has 1 amide bonds. The van der Waals surface area contributed by atoms with Crippen LogP contribution in [-0.4, -0.2) is 30.1 Å². The topological polar surface area (TPSA) is 73.3 Å². The molecule has 0 bridgehead atoms. The van der Waals surface area contributed by atoms with E-state index >= 15 is 0 Å². The molecule has 6 heteroatoms. The summed E-state index contributed by atoms with van der Waals surface area (Å²) >= 11 is 0. The molecule has 0 atom stereocenters. The molecule has 132 valence electrons. The van der Waals surface area contributed by atoms with Gasteiger partial charge in [-0.1, -0.05) is 0 Å². The van der Waals surface area contributed by atoms with Crippen molar-refractivity contribution in [2.24, 2.45) is 0 Å². The van der Waals surface area contributed by atoms with Crippen molar-refractivity contribution in [3.8, 4) is 22.8 Å². The quantitative estimate of drug-likeness (QED) is 0.740. The molecule has 0 saturated carbocycles. The van der Waals surface area contributed by atoms with Crippen molar-refractivity contribution in [3.63, 3.8) is 0 Å². The van der Waals surface area contributed by atoms with Crippen LogP contribution in [0, 0.1) is 0 Å². The first-order valence-electron chi connectivity index (χ1n) is 8.07. The maximum Gasteiger partial charge on any atom is 0.253 e. The summed E-state index contributed by atoms with van der Waals surface area (Å²) in [6.45, 7) is 0.344. The van der Waals surface area contributed by atoms with Gasteiger partial charge in [0.25, 0.3) is 5.91 Å². The van der Waals surface area contributed by atoms with E-state index in [-0.39, 0.29) is 5.91 Å². The van der Waals surface area contributed by atoms with Crippen LogP contribution in [0.4, 0.5) is 0 Å². The zero-order valence-electron chi connectivity index (χ0n) is 14.6. The molecule has 0 fully saturated rings. The van der Waals surface area contributed by atoms with Gasteiger partial charge in [-0.05, 0) is 36.4 Å². The van der Waals surface area contributed by atoms with Crippen LogP contribution < -0.4 is 14.8 Å². The lowest BCUT2D eigenvalue weighted by Gasteiger charge is -2.11. The van der Waals surface area contributed by atoms with Gasteiger partial charge < -0.3 is 14.8 Å². The van der Waals surface area contributed by atoms with Crippen molar-refractivity contribution in [1.29, 1.82) is 0 Å². The Labute approximate surface area is 151 Å². The number of hydrogen-bond donors (Lipinski definition) is 1. The summed E-state index contributed by atoms with van der Waals surface area (Å²) in [5.41, 5.74) is 3.03. The van der Waals surface area contributed by atoms with Crippen molar-refractivity contribution in [1.82, 2.24) is 15.3 Å². The van der Waals surface area contributed by atoms with Crippen molar-refractivity contribution >= 4 is 5.91 Å². The molecule has 0 aliphatic rings. The lowest BCUT2D eigenvalue weighted by Crippen LogP contribution is -2.23. The minimum Gasteiger partial charge on any atom is -0.497 e. The molecule has 3 aromatic rings. The highest BCUT2D eigenvalue weighted by atomic mass is 16.5. The van der Waals surface area contributed by atoms with Crippen molar-refractivity contribution in [3.05, 3.63) is 72.2 Å². The van der Waals surface area contributed by atoms with Crippen LogP contribution in [0.25, 0.3) is 11.3 Å². The highest BCUT2D eigenvalue weighted by molar-refractivity contribution is 5.94. The van der Waals surface area contributed by atoms with E-state index in [2.05, 4.69) is 15.3 Å². The zero-order valence-corrected chi connectivity index (χ0v) is 14.6. The van der Waals surface area contributed by atoms with Gasteiger partial charge >= 0.3 is 0 Å². The SMILES string of the molecule is COc1ccc(CNC(=O)c2ccc(-c3cccnc3)nc2)c(OC)c1. The summed E-state index contributed by atoms with van der Waals surface area (Å²) in [5.74, 6) is 1.16. The fourth-order valence-corrected chi connectivity index (χ4v) is 2.49. The van der Waals surface area contributed by atoms with E-state index < -0.39 is 0 Å². The molecule has 0 radical (unpaired) electrons. The van der Waals surface area contributed by atoms with Gasteiger partial charge in [0.15, 0.2) is 0 Å². The van der Waals surface area contributed by atoms with Gasteiger partial charge in [-0.15, -0.1) is 0 Å². The summed E-state index contributed by atoms with van der Waals surface area (Å²) in [7, 11) is 3.18. The standard InChI is InChI=1S/C20H19N3O3/c1-25-17-7-5-15(19(10-17)26-2)12-23-20(24)16-6-8-18(22-13-16)14-4-3-9-21-11-14/h3-11,13H,12H2,1-2H3,(H,23,24). The van der Waals surface area contributed by atoms with Gasteiger partial charge in [-0.3, -0.25) is 14.8 Å². The Balaban J connectivity index is 1.67. The average molecular weight is 349 g/mol. The van der Waals surface area contributed by atoms with Gasteiger partial charge in [-0.25, -0.2) is 0 Å². The Morgan fingerprint density at radius 2 is 1.96 bits per heavy atom. The molecule has 1 N–H and O–H groups in total. The van der Waals surface area contributed by atoms with Crippen LogP contribution in [0.3, 0.4) is 0 Å². The van der Waals surface area contributed by atoms with Crippen molar-refractivity contribution < 1.29 is 14.3 Å². The molecule has 0 unspecified atom stereocenters. The number of pyridine rings is 2. The van der Waals surface area contributed by atoms with Crippen LogP contribution in [0.2, 0.25) is 0 Å². The minimum absolute atomic E-state index is 0.201. The second-order valence-electron chi connectivity index (χ2n) is 5.53. The molecule has 6 nitrogen and oxygen atoms in total. The summed E-state index contributed by atoms with van der Waals surface area (Å²) in [4.78, 5) is 20.8. The van der Waals surface area contributed by atoms with Crippen LogP contribution in [-0.2, 0) is 6.54 Å². The van der Waals surface area contributed by atoms with Crippen LogP contribution in [0.5, 0.6) is 11.5 Å². The molecular weight excluding hydrogens is 330 g/mol. The third kappa shape index (κ3) is 3.97. The van der Waals surface area contributed by atoms with Crippen LogP contribution >= 0.6 is 0 Å². The molecule has 2 heterocycles. The number of rotatable bonds is 6. The molecule has 0 spiro atoms. The van der Waals surface area contributed by atoms with E-state index in [1.54, 1.807) is 51.0 Å². The molecule has 2 aromatic heterocycles. The predicted molar refractivity (Wildman–Crippen MR) is 98.2 cm³/mol. The first kappa shape index (κ1) is 17.4. The lowest BCUT2D eigenvalue weighted by atomic mass is 10.1. The molecule has 0 aliphatic heterocycles. The number of carbonyl (C=O) groups is 1. The van der Waals surface area contributed by atoms with Gasteiger partial charge in [0.05, 0.1) is 25.5 Å². The maximum atomic E-state index is 12.4. The second-order valence-corrected chi connectivity index (χ2v) is 5.53. The highest BCUT2D eigenvalue weighted by Crippen LogP contribution is 2.24. The number of methoxy groups -OCH3 is 2. The Hall–Kier alpha value is -3.41. The Bertz CT molecular complexity index is 881. The number of nitrogens with zero attached hydrogens (tertiary/aromatic N) is 2. The fourth-order valence-electron chi connectivity index (χ4n) is 2.49. The molecule has 0 saturated heterocycles. The number of carbonyl (C=O) groups excluding carboxylic acids is 1. The molecule has 0 aliphatic carbocycles. The summed E-state index contributed by atoms with van der Waals surface area (Å²) in [6.07, 6.45) is 5.00. The number of ether oxygens (including phenoxy) is 2. The van der Waals surface area contributed by atoms with E-state index in [0.29, 0.717) is 23.6 Å². The summed E-state index contributed by atoms with van der Waals surface area (Å²) in [6, 6.07) is 12.8. The number of aromatic nitrogens is 2. The maximum absolute atomic E-state index is 12.4. The van der Waals surface area contributed by atoms with Gasteiger partial charge in [0, 0.05) is 42.3 Å². The Kier molecular flexibility index (Phi) is 5.43. The molecule has 3 rings (SSSR count). The second kappa shape index (κ2) is 8.11. The average Bonchev–Trinajstić information content (AvgIpc) is 2.72. The predicted octanol–water partition coefficient (Wildman–Crippen LogP) is 3.09. The van der Waals surface area contributed by atoms with Crippen LogP contribution in [0.15, 0.2) is 61.1 Å². The summed E-state index contributed by atoms with van der Waals surface area (Å²) < 4.78 is 10.5. The van der Waals surface area contributed by atoms with Gasteiger partial charge in [0.1, 0.15) is 11.5 Å². The lowest BCUT2D eigenvalue weighted by molar-refractivity contribution is 0.0950. The largest absolute Gasteiger partial charge is 0.497 e. The number of hydrogen-bond acceptors (Lipinski definition) is 5. The molecule has 26 heavy (non-hydrogen) atoms. The third-order valence-electron chi connectivity index (χ3n) is 3.92. The zero-order chi connectivity index (χ0) is 18.4. The first-order valence-corrected chi connectivity index (χ1v) is 8.07. The van der Waals surface area contributed by atoms with E-state index in [1.807, 2.05) is 24.3 Å². The monoisotopic (exact) mass is 349 g/mol. The summed E-state index contributed by atoms with van der Waals surface area (Å²) in [5, 5.41) is 2.87. The van der Waals surface area contributed by atoms with E-state index in [1.165, 1.54) is 0 Å². The van der Waals surface area contributed by atoms with Crippen LogP contribution in [0.1, 0.15) is 15.9 Å². The Morgan fingerprint density at radius 1 is 1.08 bits per heavy atom. The number of amides is 1.